The molecule has 0 aromatic heterocycles. The lowest BCUT2D eigenvalue weighted by Crippen LogP contribution is -2.50. The summed E-state index contributed by atoms with van der Waals surface area (Å²) < 4.78 is 10.1. The van der Waals surface area contributed by atoms with Crippen LogP contribution in [0.25, 0.3) is 0 Å². The molecule has 3 atom stereocenters. The first-order valence-corrected chi connectivity index (χ1v) is 7.73. The Bertz CT molecular complexity index is 561. The molecule has 7 nitrogen and oxygen atoms in total. The fraction of sp³-hybridized carbons (Fsp3) is 0.471. The second-order valence-electron chi connectivity index (χ2n) is 5.40. The molecular formula is C17H24N2O5. The predicted octanol–water partition coefficient (Wildman–Crippen LogP) is 0.933. The molecule has 1 aromatic rings. The second kappa shape index (κ2) is 9.67. The number of methoxy groups -OCH3 is 1. The molecule has 0 aliphatic rings. The summed E-state index contributed by atoms with van der Waals surface area (Å²) in [4.78, 5) is 35.7. The van der Waals surface area contributed by atoms with Crippen LogP contribution in [0.5, 0.6) is 0 Å². The maximum absolute atomic E-state index is 12.4. The molecule has 0 spiro atoms. The fourth-order valence-corrected chi connectivity index (χ4v) is 2.35. The highest BCUT2D eigenvalue weighted by atomic mass is 16.5. The highest BCUT2D eigenvalue weighted by Gasteiger charge is 2.30. The Hall–Kier alpha value is -2.41. The highest BCUT2D eigenvalue weighted by Crippen LogP contribution is 2.18. The van der Waals surface area contributed by atoms with E-state index in [1.54, 1.807) is 38.1 Å². The Labute approximate surface area is 141 Å². The third-order valence-electron chi connectivity index (χ3n) is 3.54. The van der Waals surface area contributed by atoms with Crippen molar-refractivity contribution < 1.29 is 23.9 Å². The van der Waals surface area contributed by atoms with Crippen molar-refractivity contribution in [3.8, 4) is 0 Å². The number of nitrogens with two attached hydrogens (primary N) is 1. The molecule has 0 aliphatic heterocycles. The van der Waals surface area contributed by atoms with Gasteiger partial charge in [0, 0.05) is 7.11 Å². The van der Waals surface area contributed by atoms with Gasteiger partial charge < -0.3 is 20.5 Å². The molecule has 0 aliphatic carbocycles. The largest absolute Gasteiger partial charge is 0.466 e. The molecule has 0 fully saturated rings. The van der Waals surface area contributed by atoms with Crippen molar-refractivity contribution in [1.29, 1.82) is 0 Å². The first-order chi connectivity index (χ1) is 11.4. The third kappa shape index (κ3) is 5.66. The molecule has 1 aromatic carbocycles. The summed E-state index contributed by atoms with van der Waals surface area (Å²) in [6, 6.07) is 7.88. The molecule has 0 unspecified atom stereocenters. The number of benzene rings is 1. The van der Waals surface area contributed by atoms with Crippen LogP contribution in [-0.2, 0) is 23.9 Å². The normalized spacial score (nSPS) is 14.3. The zero-order valence-electron chi connectivity index (χ0n) is 14.2. The summed E-state index contributed by atoms with van der Waals surface area (Å²) in [5, 5.41) is 2.57. The lowest BCUT2D eigenvalue weighted by atomic mass is 9.97. The van der Waals surface area contributed by atoms with Gasteiger partial charge in [0.05, 0.1) is 13.0 Å². The number of primary amides is 1. The maximum Gasteiger partial charge on any atom is 0.306 e. The zero-order chi connectivity index (χ0) is 18.1. The van der Waals surface area contributed by atoms with Gasteiger partial charge in [0.25, 0.3) is 5.91 Å². The molecule has 0 radical (unpaired) electrons. The number of carbonyl (C=O) groups is 3. The average Bonchev–Trinajstić information content (AvgIpc) is 2.54. The summed E-state index contributed by atoms with van der Waals surface area (Å²) in [5.74, 6) is -2.16. The lowest BCUT2D eigenvalue weighted by molar-refractivity contribution is -0.145. The number of hydrogen-bond donors (Lipinski definition) is 2. The number of amides is 2. The van der Waals surface area contributed by atoms with Crippen LogP contribution in [0.2, 0.25) is 0 Å². The van der Waals surface area contributed by atoms with Crippen molar-refractivity contribution in [2.45, 2.75) is 32.4 Å². The van der Waals surface area contributed by atoms with Crippen LogP contribution < -0.4 is 11.1 Å². The van der Waals surface area contributed by atoms with Gasteiger partial charge in [-0.15, -0.1) is 0 Å². The monoisotopic (exact) mass is 336 g/mol. The minimum atomic E-state index is -0.997. The quantitative estimate of drug-likeness (QED) is 0.652. The first kappa shape index (κ1) is 19.6. The van der Waals surface area contributed by atoms with Gasteiger partial charge in [0.2, 0.25) is 5.91 Å². The minimum Gasteiger partial charge on any atom is -0.466 e. The molecule has 0 saturated carbocycles. The van der Waals surface area contributed by atoms with Gasteiger partial charge >= 0.3 is 5.97 Å². The van der Waals surface area contributed by atoms with E-state index < -0.39 is 35.8 Å². The Morgan fingerprint density at radius 3 is 2.33 bits per heavy atom. The van der Waals surface area contributed by atoms with Gasteiger partial charge in [0.15, 0.2) is 6.10 Å². The van der Waals surface area contributed by atoms with Crippen LogP contribution in [0.3, 0.4) is 0 Å². The van der Waals surface area contributed by atoms with Gasteiger partial charge in [-0.1, -0.05) is 37.3 Å². The average molecular weight is 336 g/mol. The van der Waals surface area contributed by atoms with Gasteiger partial charge in [-0.3, -0.25) is 14.4 Å². The van der Waals surface area contributed by atoms with Gasteiger partial charge in [-0.05, 0) is 18.4 Å². The van der Waals surface area contributed by atoms with Crippen LogP contribution in [0.15, 0.2) is 30.3 Å². The Morgan fingerprint density at radius 1 is 1.21 bits per heavy atom. The van der Waals surface area contributed by atoms with Crippen LogP contribution >= 0.6 is 0 Å². The van der Waals surface area contributed by atoms with E-state index in [9.17, 15) is 14.4 Å². The molecule has 24 heavy (non-hydrogen) atoms. The van der Waals surface area contributed by atoms with Crippen molar-refractivity contribution in [2.24, 2.45) is 11.7 Å². The first-order valence-electron chi connectivity index (χ1n) is 7.73. The second-order valence-corrected chi connectivity index (χ2v) is 5.40. The Balaban J connectivity index is 2.81. The van der Waals surface area contributed by atoms with Crippen LogP contribution in [0, 0.1) is 5.92 Å². The number of rotatable bonds is 9. The summed E-state index contributed by atoms with van der Waals surface area (Å²) in [6.07, 6.45) is -0.895. The van der Waals surface area contributed by atoms with E-state index in [0.29, 0.717) is 5.56 Å². The summed E-state index contributed by atoms with van der Waals surface area (Å²) in [6.45, 7) is 3.59. The van der Waals surface area contributed by atoms with E-state index in [-0.39, 0.29) is 13.0 Å². The number of hydrogen-bond acceptors (Lipinski definition) is 5. The van der Waals surface area contributed by atoms with Crippen molar-refractivity contribution >= 4 is 17.8 Å². The van der Waals surface area contributed by atoms with Crippen molar-refractivity contribution in [3.05, 3.63) is 35.9 Å². The highest BCUT2D eigenvalue weighted by molar-refractivity contribution is 5.89. The molecule has 0 heterocycles. The SMILES string of the molecule is CCOC(=O)C[C@H](C)[C@@H](NC(=O)[C@@H](OC)c1ccccc1)C(N)=O. The molecule has 0 saturated heterocycles. The van der Waals surface area contributed by atoms with E-state index in [1.807, 2.05) is 6.07 Å². The topological polar surface area (TPSA) is 108 Å². The Morgan fingerprint density at radius 2 is 1.83 bits per heavy atom. The van der Waals surface area contributed by atoms with E-state index in [2.05, 4.69) is 5.32 Å². The molecular weight excluding hydrogens is 312 g/mol. The summed E-state index contributed by atoms with van der Waals surface area (Å²) in [5.41, 5.74) is 6.02. The van der Waals surface area contributed by atoms with Gasteiger partial charge in [0.1, 0.15) is 6.04 Å². The molecule has 3 N–H and O–H groups in total. The molecule has 7 heteroatoms. The van der Waals surface area contributed by atoms with Crippen molar-refractivity contribution in [2.75, 3.05) is 13.7 Å². The summed E-state index contributed by atoms with van der Waals surface area (Å²) in [7, 11) is 1.40. The molecule has 2 amide bonds. The number of nitrogens with one attached hydrogen (secondary N) is 1. The van der Waals surface area contributed by atoms with Gasteiger partial charge in [-0.2, -0.15) is 0 Å². The van der Waals surface area contributed by atoms with Gasteiger partial charge in [-0.25, -0.2) is 0 Å². The maximum atomic E-state index is 12.4. The van der Waals surface area contributed by atoms with Crippen LogP contribution in [0.1, 0.15) is 31.9 Å². The van der Waals surface area contributed by atoms with Crippen molar-refractivity contribution in [3.63, 3.8) is 0 Å². The number of carbonyl (C=O) groups excluding carboxylic acids is 3. The number of ether oxygens (including phenoxy) is 2. The smallest absolute Gasteiger partial charge is 0.306 e. The van der Waals surface area contributed by atoms with E-state index in [1.165, 1.54) is 7.11 Å². The van der Waals surface area contributed by atoms with Crippen molar-refractivity contribution in [1.82, 2.24) is 5.32 Å². The zero-order valence-corrected chi connectivity index (χ0v) is 14.2. The Kier molecular flexibility index (Phi) is 7.91. The third-order valence-corrected chi connectivity index (χ3v) is 3.54. The van der Waals surface area contributed by atoms with Crippen LogP contribution in [0.4, 0.5) is 0 Å². The van der Waals surface area contributed by atoms with Crippen LogP contribution in [-0.4, -0.2) is 37.5 Å². The minimum absolute atomic E-state index is 0.0231. The standard InChI is InChI=1S/C17H24N2O5/c1-4-24-13(20)10-11(2)14(16(18)21)19-17(22)15(23-3)12-8-6-5-7-9-12/h5-9,11,14-15H,4,10H2,1-3H3,(H2,18,21)(H,19,22)/t11-,14+,15-/m0/s1. The molecule has 1 rings (SSSR count). The van der Waals surface area contributed by atoms with E-state index >= 15 is 0 Å². The predicted molar refractivity (Wildman–Crippen MR) is 87.7 cm³/mol. The lowest BCUT2D eigenvalue weighted by Gasteiger charge is -2.24. The van der Waals surface area contributed by atoms with E-state index in [0.717, 1.165) is 0 Å². The molecule has 0 bridgehead atoms. The van der Waals surface area contributed by atoms with E-state index in [4.69, 9.17) is 15.2 Å². The summed E-state index contributed by atoms with van der Waals surface area (Å²) >= 11 is 0. The number of esters is 1. The fourth-order valence-electron chi connectivity index (χ4n) is 2.35. The molecule has 132 valence electrons.